The first-order valence-electron chi connectivity index (χ1n) is 6.08. The van der Waals surface area contributed by atoms with Gasteiger partial charge in [0.15, 0.2) is 0 Å². The van der Waals surface area contributed by atoms with Crippen LogP contribution in [0.15, 0.2) is 0 Å². The van der Waals surface area contributed by atoms with Gasteiger partial charge < -0.3 is 20.1 Å². The van der Waals surface area contributed by atoms with Gasteiger partial charge in [-0.2, -0.15) is 0 Å². The first-order chi connectivity index (χ1) is 8.91. The van der Waals surface area contributed by atoms with Crippen LogP contribution in [0.5, 0.6) is 0 Å². The van der Waals surface area contributed by atoms with E-state index in [-0.39, 0.29) is 24.8 Å². The first-order valence-corrected chi connectivity index (χ1v) is 6.08. The third-order valence-electron chi connectivity index (χ3n) is 3.27. The fourth-order valence-electron chi connectivity index (χ4n) is 2.09. The molecule has 1 N–H and O–H groups in total. The van der Waals surface area contributed by atoms with Gasteiger partial charge in [-0.15, -0.1) is 0 Å². The van der Waals surface area contributed by atoms with Crippen molar-refractivity contribution < 1.29 is 14.8 Å². The molecule has 0 amide bonds. The number of aromatic nitrogens is 2. The number of hydrogen-bond donors (Lipinski definition) is 1. The van der Waals surface area contributed by atoms with E-state index < -0.39 is 10.9 Å². The molecule has 0 spiro atoms. The van der Waals surface area contributed by atoms with Crippen molar-refractivity contribution in [1.29, 1.82) is 0 Å². The second-order valence-electron chi connectivity index (χ2n) is 4.69. The van der Waals surface area contributed by atoms with Gasteiger partial charge in [0.25, 0.3) is 0 Å². The summed E-state index contributed by atoms with van der Waals surface area (Å²) in [7, 11) is 1.71. The molecular weight excluding hydrogens is 252 g/mol. The number of carboxylic acid groups (broad SMARTS) is 1. The van der Waals surface area contributed by atoms with E-state index in [2.05, 4.69) is 4.98 Å². The Labute approximate surface area is 109 Å². The molecule has 0 aliphatic heterocycles. The molecule has 0 saturated heterocycles. The number of imidazole rings is 1. The molecular formula is C11H16N4O4. The zero-order valence-electron chi connectivity index (χ0n) is 10.9. The first kappa shape index (κ1) is 13.3. The Morgan fingerprint density at radius 1 is 1.63 bits per heavy atom. The van der Waals surface area contributed by atoms with E-state index in [0.717, 1.165) is 12.8 Å². The summed E-state index contributed by atoms with van der Waals surface area (Å²) in [4.78, 5) is 27.0. The molecule has 1 aromatic rings. The van der Waals surface area contributed by atoms with Crippen molar-refractivity contribution in [2.45, 2.75) is 32.2 Å². The molecule has 0 atom stereocenters. The van der Waals surface area contributed by atoms with Gasteiger partial charge in [0.1, 0.15) is 0 Å². The van der Waals surface area contributed by atoms with Crippen molar-refractivity contribution in [3.63, 3.8) is 0 Å². The summed E-state index contributed by atoms with van der Waals surface area (Å²) in [5, 5.41) is 19.8. The maximum absolute atomic E-state index is 11.1. The Bertz CT molecular complexity index is 521. The van der Waals surface area contributed by atoms with Crippen LogP contribution in [0.4, 0.5) is 11.6 Å². The lowest BCUT2D eigenvalue weighted by atomic mass is 10.3. The lowest BCUT2D eigenvalue weighted by molar-refractivity contribution is -0.388. The number of anilines is 1. The summed E-state index contributed by atoms with van der Waals surface area (Å²) in [5.41, 5.74) is 0. The van der Waals surface area contributed by atoms with Gasteiger partial charge in [0, 0.05) is 26.6 Å². The minimum atomic E-state index is -0.910. The van der Waals surface area contributed by atoms with Crippen molar-refractivity contribution in [1.82, 2.24) is 9.55 Å². The zero-order valence-corrected chi connectivity index (χ0v) is 10.9. The predicted octanol–water partition coefficient (Wildman–Crippen LogP) is 1.08. The van der Waals surface area contributed by atoms with Crippen LogP contribution in [0.3, 0.4) is 0 Å². The number of aliphatic carboxylic acids is 1. The molecule has 0 unspecified atom stereocenters. The van der Waals surface area contributed by atoms with E-state index in [1.807, 2.05) is 0 Å². The van der Waals surface area contributed by atoms with Crippen molar-refractivity contribution in [2.24, 2.45) is 7.05 Å². The predicted molar refractivity (Wildman–Crippen MR) is 67.2 cm³/mol. The second kappa shape index (κ2) is 4.87. The van der Waals surface area contributed by atoms with Crippen LogP contribution in [-0.2, 0) is 11.8 Å². The fourth-order valence-corrected chi connectivity index (χ4v) is 2.09. The summed E-state index contributed by atoms with van der Waals surface area (Å²) >= 11 is 0. The number of rotatable bonds is 6. The molecule has 0 bridgehead atoms. The minimum Gasteiger partial charge on any atom is -0.481 e. The highest BCUT2D eigenvalue weighted by molar-refractivity contribution is 5.68. The zero-order chi connectivity index (χ0) is 14.2. The molecule has 2 rings (SSSR count). The normalized spacial score (nSPS) is 14.4. The summed E-state index contributed by atoms with van der Waals surface area (Å²) in [5.74, 6) is -0.154. The highest BCUT2D eigenvalue weighted by Gasteiger charge is 2.37. The number of nitro groups is 1. The van der Waals surface area contributed by atoms with Crippen LogP contribution < -0.4 is 4.90 Å². The van der Waals surface area contributed by atoms with Crippen LogP contribution in [-0.4, -0.2) is 38.1 Å². The van der Waals surface area contributed by atoms with Gasteiger partial charge in [-0.05, 0) is 22.7 Å². The van der Waals surface area contributed by atoms with Gasteiger partial charge in [0.2, 0.25) is 11.6 Å². The molecule has 104 valence electrons. The Morgan fingerprint density at radius 3 is 2.74 bits per heavy atom. The quantitative estimate of drug-likeness (QED) is 0.612. The Hall–Kier alpha value is -2.12. The molecule has 1 aromatic heterocycles. The summed E-state index contributed by atoms with van der Waals surface area (Å²) < 4.78 is 1.65. The highest BCUT2D eigenvalue weighted by Crippen LogP contribution is 2.36. The Balaban J connectivity index is 2.35. The molecule has 0 aromatic carbocycles. The van der Waals surface area contributed by atoms with E-state index in [0.29, 0.717) is 11.6 Å². The smallest absolute Gasteiger partial charge is 0.406 e. The second-order valence-corrected chi connectivity index (χ2v) is 4.69. The molecule has 8 heteroatoms. The van der Waals surface area contributed by atoms with Crippen LogP contribution in [0.25, 0.3) is 0 Å². The number of aryl methyl sites for hydroxylation is 1. The maximum atomic E-state index is 11.1. The molecule has 1 aliphatic rings. The molecule has 19 heavy (non-hydrogen) atoms. The highest BCUT2D eigenvalue weighted by atomic mass is 16.6. The van der Waals surface area contributed by atoms with Gasteiger partial charge in [-0.3, -0.25) is 9.36 Å². The molecule has 1 heterocycles. The van der Waals surface area contributed by atoms with Gasteiger partial charge in [-0.1, -0.05) is 0 Å². The van der Waals surface area contributed by atoms with Gasteiger partial charge >= 0.3 is 11.8 Å². The molecule has 1 saturated carbocycles. The van der Waals surface area contributed by atoms with E-state index >= 15 is 0 Å². The Morgan fingerprint density at radius 2 is 2.26 bits per heavy atom. The van der Waals surface area contributed by atoms with Gasteiger partial charge in [-0.25, -0.2) is 0 Å². The monoisotopic (exact) mass is 268 g/mol. The molecule has 1 aliphatic carbocycles. The summed E-state index contributed by atoms with van der Waals surface area (Å²) in [6.45, 7) is 1.96. The average Bonchev–Trinajstić information content (AvgIpc) is 3.10. The van der Waals surface area contributed by atoms with Gasteiger partial charge in [0.05, 0.1) is 6.42 Å². The standard InChI is InChI=1S/C11H16N4O4/c1-7-12-10(15(18)19)11(13(7)2)14(8-3-4-8)6-5-9(16)17/h8H,3-6H2,1-2H3,(H,16,17). The SMILES string of the molecule is Cc1nc([N+](=O)[O-])c(N(CCC(=O)O)C2CC2)n1C. The van der Waals surface area contributed by atoms with Crippen molar-refractivity contribution in [2.75, 3.05) is 11.4 Å². The number of carbonyl (C=O) groups is 1. The van der Waals surface area contributed by atoms with Crippen LogP contribution in [0.1, 0.15) is 25.1 Å². The van der Waals surface area contributed by atoms with E-state index in [9.17, 15) is 14.9 Å². The topological polar surface area (TPSA) is 102 Å². The van der Waals surface area contributed by atoms with E-state index in [4.69, 9.17) is 5.11 Å². The van der Waals surface area contributed by atoms with Crippen LogP contribution in [0.2, 0.25) is 0 Å². The number of hydrogen-bond acceptors (Lipinski definition) is 5. The summed E-state index contributed by atoms with van der Waals surface area (Å²) in [6, 6.07) is 0.188. The molecule has 8 nitrogen and oxygen atoms in total. The average molecular weight is 268 g/mol. The lowest BCUT2D eigenvalue weighted by Gasteiger charge is -2.22. The fraction of sp³-hybridized carbons (Fsp3) is 0.636. The van der Waals surface area contributed by atoms with Crippen LogP contribution >= 0.6 is 0 Å². The number of nitrogens with zero attached hydrogens (tertiary/aromatic N) is 4. The van der Waals surface area contributed by atoms with Crippen molar-refractivity contribution >= 4 is 17.6 Å². The third kappa shape index (κ3) is 2.67. The molecule has 0 radical (unpaired) electrons. The third-order valence-corrected chi connectivity index (χ3v) is 3.27. The number of carboxylic acids is 1. The summed E-state index contributed by atoms with van der Waals surface area (Å²) in [6.07, 6.45) is 1.82. The molecule has 1 fully saturated rings. The van der Waals surface area contributed by atoms with E-state index in [1.54, 1.807) is 23.4 Å². The van der Waals surface area contributed by atoms with Crippen molar-refractivity contribution in [3.8, 4) is 0 Å². The minimum absolute atomic E-state index is 0.0438. The van der Waals surface area contributed by atoms with Crippen molar-refractivity contribution in [3.05, 3.63) is 15.9 Å². The van der Waals surface area contributed by atoms with E-state index in [1.165, 1.54) is 0 Å². The Kier molecular flexibility index (Phi) is 3.41. The maximum Gasteiger partial charge on any atom is 0.406 e. The largest absolute Gasteiger partial charge is 0.481 e. The lowest BCUT2D eigenvalue weighted by Crippen LogP contribution is -2.30. The van der Waals surface area contributed by atoms with Crippen LogP contribution in [0, 0.1) is 17.0 Å².